The van der Waals surface area contributed by atoms with E-state index in [1.807, 2.05) is 23.1 Å². The highest BCUT2D eigenvalue weighted by atomic mass is 32.1. The molecule has 0 radical (unpaired) electrons. The lowest BCUT2D eigenvalue weighted by Gasteiger charge is -2.25. The van der Waals surface area contributed by atoms with Crippen LogP contribution in [0.2, 0.25) is 0 Å². The van der Waals surface area contributed by atoms with Gasteiger partial charge in [-0.1, -0.05) is 0 Å². The third-order valence-corrected chi connectivity index (χ3v) is 6.80. The van der Waals surface area contributed by atoms with E-state index in [0.29, 0.717) is 11.8 Å². The van der Waals surface area contributed by atoms with Crippen molar-refractivity contribution in [3.8, 4) is 0 Å². The second-order valence-electron chi connectivity index (χ2n) is 7.29. The summed E-state index contributed by atoms with van der Waals surface area (Å²) < 4.78 is 1.94. The molecule has 24 heavy (non-hydrogen) atoms. The van der Waals surface area contributed by atoms with Gasteiger partial charge in [-0.2, -0.15) is 5.10 Å². The molecular weight excluding hydrogens is 318 g/mol. The summed E-state index contributed by atoms with van der Waals surface area (Å²) in [7, 11) is 1.99. The van der Waals surface area contributed by atoms with E-state index in [2.05, 4.69) is 42.9 Å². The normalized spacial score (nSPS) is 26.2. The third kappa shape index (κ3) is 2.50. The van der Waals surface area contributed by atoms with Crippen molar-refractivity contribution in [3.63, 3.8) is 0 Å². The third-order valence-electron chi connectivity index (χ3n) is 5.67. The first-order valence-electron chi connectivity index (χ1n) is 8.84. The topological polar surface area (TPSA) is 38.1 Å². The number of hydrogen-bond donors (Lipinski definition) is 0. The maximum atomic E-state index is 13.1. The SMILES string of the molecule is Cc1ccc([C@@H]2C[C@@H]2C(=O)N2CCC[C@@H]2c2c(C)nn(C)c2C)s1. The molecule has 0 unspecified atom stereocenters. The highest BCUT2D eigenvalue weighted by molar-refractivity contribution is 7.12. The molecule has 0 N–H and O–H groups in total. The molecule has 1 amide bonds. The minimum absolute atomic E-state index is 0.195. The number of carbonyl (C=O) groups excluding carboxylic acids is 1. The van der Waals surface area contributed by atoms with Crippen molar-refractivity contribution in [1.29, 1.82) is 0 Å². The van der Waals surface area contributed by atoms with Crippen LogP contribution in [0, 0.1) is 26.7 Å². The quantitative estimate of drug-likeness (QED) is 0.848. The summed E-state index contributed by atoms with van der Waals surface area (Å²) in [5.41, 5.74) is 3.53. The van der Waals surface area contributed by atoms with Crippen molar-refractivity contribution in [2.24, 2.45) is 13.0 Å². The van der Waals surface area contributed by atoms with E-state index in [1.165, 1.54) is 21.0 Å². The highest BCUT2D eigenvalue weighted by Crippen LogP contribution is 2.52. The molecule has 4 nitrogen and oxygen atoms in total. The molecule has 4 rings (SSSR count). The number of thiophene rings is 1. The molecule has 2 fully saturated rings. The molecule has 1 aliphatic heterocycles. The lowest BCUT2D eigenvalue weighted by Crippen LogP contribution is -2.32. The first-order chi connectivity index (χ1) is 11.5. The van der Waals surface area contributed by atoms with Crippen LogP contribution < -0.4 is 0 Å². The minimum atomic E-state index is 0.195. The molecule has 1 saturated carbocycles. The van der Waals surface area contributed by atoms with Crippen molar-refractivity contribution in [2.75, 3.05) is 6.54 Å². The molecule has 0 spiro atoms. The van der Waals surface area contributed by atoms with Gasteiger partial charge in [-0.05, 0) is 52.2 Å². The summed E-state index contributed by atoms with van der Waals surface area (Å²) >= 11 is 1.84. The summed E-state index contributed by atoms with van der Waals surface area (Å²) in [5.74, 6) is 1.01. The van der Waals surface area contributed by atoms with E-state index >= 15 is 0 Å². The van der Waals surface area contributed by atoms with Crippen LogP contribution in [0.3, 0.4) is 0 Å². The number of rotatable bonds is 3. The number of aryl methyl sites for hydroxylation is 3. The largest absolute Gasteiger partial charge is 0.335 e. The molecule has 0 aromatic carbocycles. The van der Waals surface area contributed by atoms with Gasteiger partial charge in [-0.25, -0.2) is 0 Å². The molecule has 1 saturated heterocycles. The van der Waals surface area contributed by atoms with Gasteiger partial charge in [0.15, 0.2) is 0 Å². The highest BCUT2D eigenvalue weighted by Gasteiger charge is 2.48. The minimum Gasteiger partial charge on any atom is -0.335 e. The van der Waals surface area contributed by atoms with Gasteiger partial charge in [0.25, 0.3) is 0 Å². The van der Waals surface area contributed by atoms with Gasteiger partial charge in [0.2, 0.25) is 5.91 Å². The summed E-state index contributed by atoms with van der Waals surface area (Å²) in [6.07, 6.45) is 3.18. The van der Waals surface area contributed by atoms with Crippen LogP contribution in [0.1, 0.15) is 57.9 Å². The second-order valence-corrected chi connectivity index (χ2v) is 8.61. The summed E-state index contributed by atoms with van der Waals surface area (Å²) in [4.78, 5) is 18.0. The fourth-order valence-electron chi connectivity index (χ4n) is 4.25. The zero-order valence-corrected chi connectivity index (χ0v) is 15.7. The van der Waals surface area contributed by atoms with Gasteiger partial charge in [-0.15, -0.1) is 11.3 Å². The van der Waals surface area contributed by atoms with Gasteiger partial charge in [0.1, 0.15) is 0 Å². The first-order valence-corrected chi connectivity index (χ1v) is 9.66. The van der Waals surface area contributed by atoms with Crippen molar-refractivity contribution in [2.45, 2.75) is 52.0 Å². The van der Waals surface area contributed by atoms with Crippen LogP contribution in [0.4, 0.5) is 0 Å². The number of likely N-dealkylation sites (tertiary alicyclic amines) is 1. The average Bonchev–Trinajstić information content (AvgIpc) is 2.84. The van der Waals surface area contributed by atoms with E-state index in [0.717, 1.165) is 31.5 Å². The van der Waals surface area contributed by atoms with Crippen LogP contribution in [0.15, 0.2) is 12.1 Å². The predicted molar refractivity (Wildman–Crippen MR) is 96.3 cm³/mol. The van der Waals surface area contributed by atoms with Gasteiger partial charge < -0.3 is 4.90 Å². The van der Waals surface area contributed by atoms with E-state index in [-0.39, 0.29) is 12.0 Å². The molecule has 1 aliphatic carbocycles. The van der Waals surface area contributed by atoms with Gasteiger partial charge in [0.05, 0.1) is 11.7 Å². The fourth-order valence-corrected chi connectivity index (χ4v) is 5.31. The molecule has 128 valence electrons. The monoisotopic (exact) mass is 343 g/mol. The Labute approximate surface area is 147 Å². The van der Waals surface area contributed by atoms with Crippen molar-refractivity contribution < 1.29 is 4.79 Å². The Morgan fingerprint density at radius 1 is 1.29 bits per heavy atom. The molecule has 2 aliphatic rings. The molecule has 5 heteroatoms. The Bertz CT molecular complexity index is 791. The second kappa shape index (κ2) is 5.73. The molecule has 2 aromatic rings. The Hall–Kier alpha value is -1.62. The van der Waals surface area contributed by atoms with Crippen LogP contribution in [0.25, 0.3) is 0 Å². The summed E-state index contributed by atoms with van der Waals surface area (Å²) in [6.45, 7) is 7.21. The van der Waals surface area contributed by atoms with Gasteiger partial charge >= 0.3 is 0 Å². The molecule has 3 atom stereocenters. The molecular formula is C19H25N3OS. The lowest BCUT2D eigenvalue weighted by atomic mass is 10.0. The van der Waals surface area contributed by atoms with Gasteiger partial charge in [0, 0.05) is 46.4 Å². The Morgan fingerprint density at radius 3 is 2.71 bits per heavy atom. The molecule has 0 bridgehead atoms. The summed E-state index contributed by atoms with van der Waals surface area (Å²) in [6, 6.07) is 4.59. The van der Waals surface area contributed by atoms with E-state index < -0.39 is 0 Å². The standard InChI is InChI=1S/C19H25N3OS/c1-11-7-8-17(24-11)14-10-15(14)19(23)22-9-5-6-16(22)18-12(2)20-21(4)13(18)3/h7-8,14-16H,5-6,9-10H2,1-4H3/t14-,15+,16-/m1/s1. The number of aromatic nitrogens is 2. The predicted octanol–water partition coefficient (Wildman–Crippen LogP) is 3.87. The number of carbonyl (C=O) groups is 1. The van der Waals surface area contributed by atoms with Gasteiger partial charge in [-0.3, -0.25) is 9.48 Å². The number of nitrogens with zero attached hydrogens (tertiary/aromatic N) is 3. The maximum Gasteiger partial charge on any atom is 0.226 e. The zero-order chi connectivity index (χ0) is 17.0. The zero-order valence-electron chi connectivity index (χ0n) is 14.9. The van der Waals surface area contributed by atoms with Crippen molar-refractivity contribution >= 4 is 17.2 Å². The van der Waals surface area contributed by atoms with Crippen molar-refractivity contribution in [3.05, 3.63) is 38.8 Å². The number of hydrogen-bond acceptors (Lipinski definition) is 3. The Morgan fingerprint density at radius 2 is 2.08 bits per heavy atom. The number of amides is 1. The molecule has 3 heterocycles. The smallest absolute Gasteiger partial charge is 0.226 e. The van der Waals surface area contributed by atoms with E-state index in [4.69, 9.17) is 0 Å². The first kappa shape index (κ1) is 15.9. The van der Waals surface area contributed by atoms with E-state index in [1.54, 1.807) is 0 Å². The van der Waals surface area contributed by atoms with E-state index in [9.17, 15) is 4.79 Å². The Kier molecular flexibility index (Phi) is 3.79. The van der Waals surface area contributed by atoms with Crippen LogP contribution in [-0.4, -0.2) is 27.1 Å². The van der Waals surface area contributed by atoms with Crippen LogP contribution >= 0.6 is 11.3 Å². The fraction of sp³-hybridized carbons (Fsp3) is 0.579. The average molecular weight is 343 g/mol. The van der Waals surface area contributed by atoms with Crippen LogP contribution in [-0.2, 0) is 11.8 Å². The lowest BCUT2D eigenvalue weighted by molar-refractivity contribution is -0.133. The Balaban J connectivity index is 1.54. The maximum absolute atomic E-state index is 13.1. The van der Waals surface area contributed by atoms with Crippen molar-refractivity contribution in [1.82, 2.24) is 14.7 Å². The summed E-state index contributed by atoms with van der Waals surface area (Å²) in [5, 5.41) is 4.56. The molecule has 2 aromatic heterocycles. The van der Waals surface area contributed by atoms with Crippen LogP contribution in [0.5, 0.6) is 0 Å².